The van der Waals surface area contributed by atoms with Gasteiger partial charge in [0.2, 0.25) is 0 Å². The molecule has 1 aromatic carbocycles. The van der Waals surface area contributed by atoms with Crippen LogP contribution in [0.25, 0.3) is 5.57 Å². The summed E-state index contributed by atoms with van der Waals surface area (Å²) in [5, 5.41) is 0. The molecule has 0 saturated heterocycles. The average Bonchev–Trinajstić information content (AvgIpc) is 2.39. The zero-order valence-corrected chi connectivity index (χ0v) is 13.5. The maximum atomic E-state index is 3.55. The van der Waals surface area contributed by atoms with Gasteiger partial charge >= 0.3 is 0 Å². The summed E-state index contributed by atoms with van der Waals surface area (Å²) in [5.41, 5.74) is 2.83. The molecule has 0 bridgehead atoms. The minimum atomic E-state index is 0.891. The van der Waals surface area contributed by atoms with E-state index in [-0.39, 0.29) is 0 Å². The monoisotopic (exact) mass is 308 g/mol. The van der Waals surface area contributed by atoms with E-state index in [1.54, 1.807) is 0 Å². The Hall–Kier alpha value is -0.560. The molecular weight excluding hydrogens is 284 g/mol. The van der Waals surface area contributed by atoms with Gasteiger partial charge in [-0.15, -0.1) is 0 Å². The van der Waals surface area contributed by atoms with Crippen molar-refractivity contribution < 1.29 is 0 Å². The number of hydrogen-bond acceptors (Lipinski definition) is 0. The Kier molecular flexibility index (Phi) is 7.34. The van der Waals surface area contributed by atoms with Crippen molar-refractivity contribution in [1.82, 2.24) is 0 Å². The molecule has 0 N–H and O–H groups in total. The molecule has 1 aromatic rings. The second kappa shape index (κ2) is 8.53. The van der Waals surface area contributed by atoms with Crippen molar-refractivity contribution in [2.75, 3.05) is 0 Å². The number of halogens is 1. The van der Waals surface area contributed by atoms with Gasteiger partial charge in [0.15, 0.2) is 0 Å². The van der Waals surface area contributed by atoms with Crippen LogP contribution in [0.1, 0.15) is 58.4 Å². The molecule has 0 aliphatic carbocycles. The van der Waals surface area contributed by atoms with Crippen LogP contribution >= 0.6 is 15.9 Å². The summed E-state index contributed by atoms with van der Waals surface area (Å²) >= 11 is 3.55. The molecule has 1 rings (SSSR count). The fourth-order valence-corrected chi connectivity index (χ4v) is 2.74. The van der Waals surface area contributed by atoms with Crippen molar-refractivity contribution in [2.45, 2.75) is 52.9 Å². The summed E-state index contributed by atoms with van der Waals surface area (Å²) in [7, 11) is 0. The summed E-state index contributed by atoms with van der Waals surface area (Å²) in [6.07, 6.45) is 8.69. The summed E-state index contributed by atoms with van der Waals surface area (Å²) in [6, 6.07) is 8.62. The minimum absolute atomic E-state index is 0.891. The Bertz CT molecular complexity index is 375. The van der Waals surface area contributed by atoms with E-state index in [4.69, 9.17) is 0 Å². The summed E-state index contributed by atoms with van der Waals surface area (Å²) in [5.74, 6) is 0.891. The van der Waals surface area contributed by atoms with Gasteiger partial charge in [0.05, 0.1) is 0 Å². The predicted molar refractivity (Wildman–Crippen MR) is 85.7 cm³/mol. The molecule has 0 radical (unpaired) electrons. The number of rotatable bonds is 7. The molecule has 0 aromatic heterocycles. The molecule has 0 aliphatic rings. The van der Waals surface area contributed by atoms with Crippen molar-refractivity contribution in [1.29, 1.82) is 0 Å². The topological polar surface area (TPSA) is 0 Å². The lowest BCUT2D eigenvalue weighted by Gasteiger charge is -2.11. The highest BCUT2D eigenvalue weighted by molar-refractivity contribution is 9.10. The van der Waals surface area contributed by atoms with Gasteiger partial charge in [-0.05, 0) is 48.4 Å². The van der Waals surface area contributed by atoms with Gasteiger partial charge in [-0.2, -0.15) is 0 Å². The number of benzene rings is 1. The largest absolute Gasteiger partial charge is 0.0807 e. The maximum absolute atomic E-state index is 3.55. The smallest absolute Gasteiger partial charge is 0.0181 e. The number of hydrogen-bond donors (Lipinski definition) is 0. The normalized spacial score (nSPS) is 12.2. The van der Waals surface area contributed by atoms with Crippen molar-refractivity contribution in [3.63, 3.8) is 0 Å². The lowest BCUT2D eigenvalue weighted by Crippen LogP contribution is -1.95. The molecule has 100 valence electrons. The fraction of sp³-hybridized carbons (Fsp3) is 0.529. The highest BCUT2D eigenvalue weighted by Gasteiger charge is 2.03. The first-order valence-electron chi connectivity index (χ1n) is 7.16. The van der Waals surface area contributed by atoms with Crippen molar-refractivity contribution in [3.8, 4) is 0 Å². The zero-order valence-electron chi connectivity index (χ0n) is 11.9. The van der Waals surface area contributed by atoms with E-state index in [1.165, 1.54) is 41.3 Å². The highest BCUT2D eigenvalue weighted by Crippen LogP contribution is 2.24. The van der Waals surface area contributed by atoms with Crippen molar-refractivity contribution in [3.05, 3.63) is 40.4 Å². The van der Waals surface area contributed by atoms with Crippen LogP contribution in [0.5, 0.6) is 0 Å². The van der Waals surface area contributed by atoms with Crippen LogP contribution in [-0.4, -0.2) is 0 Å². The minimum Gasteiger partial charge on any atom is -0.0807 e. The van der Waals surface area contributed by atoms with E-state index in [9.17, 15) is 0 Å². The molecule has 0 amide bonds. The van der Waals surface area contributed by atoms with Crippen LogP contribution in [0, 0.1) is 5.92 Å². The van der Waals surface area contributed by atoms with E-state index < -0.39 is 0 Å². The van der Waals surface area contributed by atoms with E-state index in [0.29, 0.717) is 0 Å². The van der Waals surface area contributed by atoms with Gasteiger partial charge in [-0.1, -0.05) is 67.8 Å². The fourth-order valence-electron chi connectivity index (χ4n) is 2.34. The molecule has 0 heterocycles. The van der Waals surface area contributed by atoms with Crippen LogP contribution in [-0.2, 0) is 0 Å². The Labute approximate surface area is 121 Å². The Balaban J connectivity index is 2.66. The molecule has 0 unspecified atom stereocenters. The van der Waals surface area contributed by atoms with E-state index in [0.717, 1.165) is 12.3 Å². The van der Waals surface area contributed by atoms with Crippen LogP contribution in [0.15, 0.2) is 34.8 Å². The molecule has 1 heteroatoms. The Morgan fingerprint density at radius 1 is 1.22 bits per heavy atom. The van der Waals surface area contributed by atoms with E-state index >= 15 is 0 Å². The van der Waals surface area contributed by atoms with E-state index in [1.807, 2.05) is 0 Å². The third-order valence-corrected chi connectivity index (χ3v) is 4.19. The summed E-state index contributed by atoms with van der Waals surface area (Å²) < 4.78 is 1.17. The SMILES string of the molecule is CC/C(=C\CCC(CC)CC)c1cccc(Br)c1. The molecule has 0 nitrogen and oxygen atoms in total. The Morgan fingerprint density at radius 3 is 2.50 bits per heavy atom. The summed E-state index contributed by atoms with van der Waals surface area (Å²) in [6.45, 7) is 6.84. The predicted octanol–water partition coefficient (Wildman–Crippen LogP) is 6.46. The first-order valence-corrected chi connectivity index (χ1v) is 7.95. The van der Waals surface area contributed by atoms with Gasteiger partial charge in [-0.25, -0.2) is 0 Å². The molecule has 0 spiro atoms. The lowest BCUT2D eigenvalue weighted by atomic mass is 9.95. The standard InChI is InChI=1S/C17H25Br/c1-4-14(5-2)9-7-10-15(6-3)16-11-8-12-17(18)13-16/h8,10-14H,4-7,9H2,1-3H3/b15-10+. The lowest BCUT2D eigenvalue weighted by molar-refractivity contribution is 0.460. The van der Waals surface area contributed by atoms with Gasteiger partial charge < -0.3 is 0 Å². The first kappa shape index (κ1) is 15.5. The average molecular weight is 309 g/mol. The van der Waals surface area contributed by atoms with Gasteiger partial charge in [0.1, 0.15) is 0 Å². The van der Waals surface area contributed by atoms with Crippen molar-refractivity contribution in [2.24, 2.45) is 5.92 Å². The molecular formula is C17H25Br. The quantitative estimate of drug-likeness (QED) is 0.542. The second-order valence-electron chi connectivity index (χ2n) is 4.85. The Morgan fingerprint density at radius 2 is 1.94 bits per heavy atom. The highest BCUT2D eigenvalue weighted by atomic mass is 79.9. The summed E-state index contributed by atoms with van der Waals surface area (Å²) in [4.78, 5) is 0. The second-order valence-corrected chi connectivity index (χ2v) is 5.77. The zero-order chi connectivity index (χ0) is 13.4. The van der Waals surface area contributed by atoms with E-state index in [2.05, 4.69) is 67.0 Å². The van der Waals surface area contributed by atoms with Crippen molar-refractivity contribution >= 4 is 21.5 Å². The third-order valence-electron chi connectivity index (χ3n) is 3.70. The third kappa shape index (κ3) is 4.97. The molecule has 0 saturated carbocycles. The van der Waals surface area contributed by atoms with Gasteiger partial charge in [-0.3, -0.25) is 0 Å². The molecule has 0 atom stereocenters. The van der Waals surface area contributed by atoms with Crippen LogP contribution in [0.3, 0.4) is 0 Å². The first-order chi connectivity index (χ1) is 8.71. The maximum Gasteiger partial charge on any atom is 0.0181 e. The molecule has 0 aliphatic heterocycles. The molecule has 18 heavy (non-hydrogen) atoms. The molecule has 0 fully saturated rings. The van der Waals surface area contributed by atoms with Crippen LogP contribution in [0.2, 0.25) is 0 Å². The van der Waals surface area contributed by atoms with Crippen LogP contribution in [0.4, 0.5) is 0 Å². The van der Waals surface area contributed by atoms with Gasteiger partial charge in [0.25, 0.3) is 0 Å². The van der Waals surface area contributed by atoms with Crippen LogP contribution < -0.4 is 0 Å². The number of allylic oxidation sites excluding steroid dienone is 2. The van der Waals surface area contributed by atoms with Gasteiger partial charge in [0, 0.05) is 4.47 Å².